The number of rotatable bonds is 14. The average Bonchev–Trinajstić information content (AvgIpc) is 3.24. The van der Waals surface area contributed by atoms with Crippen LogP contribution in [0.15, 0.2) is 107 Å². The number of primary amides is 1. The van der Waals surface area contributed by atoms with E-state index >= 15 is 0 Å². The van der Waals surface area contributed by atoms with Crippen LogP contribution in [0.4, 0.5) is 22.7 Å². The molecular weight excluding hydrogens is 793 g/mol. The second-order valence-corrected chi connectivity index (χ2v) is 15.5. The number of methoxy groups -OCH3 is 1. The Hall–Kier alpha value is -7.05. The summed E-state index contributed by atoms with van der Waals surface area (Å²) >= 11 is 1.49. The number of ether oxygens (including phenoxy) is 2. The van der Waals surface area contributed by atoms with Crippen LogP contribution in [0.3, 0.4) is 0 Å². The van der Waals surface area contributed by atoms with Crippen molar-refractivity contribution in [1.82, 2.24) is 10.3 Å². The highest BCUT2D eigenvalue weighted by Gasteiger charge is 2.25. The number of fused-ring (bicyclic) bond motifs is 2. The number of hydrogen-bond acceptors (Lipinski definition) is 11. The lowest BCUT2D eigenvalue weighted by molar-refractivity contribution is -0.118. The number of aromatic nitrogens is 1. The number of aromatic hydroxyl groups is 1. The molecule has 0 saturated heterocycles. The molecule has 1 aliphatic rings. The van der Waals surface area contributed by atoms with E-state index in [9.17, 15) is 24.6 Å². The summed E-state index contributed by atoms with van der Waals surface area (Å²) in [6.45, 7) is 4.60. The lowest BCUT2D eigenvalue weighted by atomic mass is 10.0. The topological polar surface area (TPSA) is 197 Å². The number of carbonyl (C=O) groups excluding carboxylic acids is 3. The van der Waals surface area contributed by atoms with Gasteiger partial charge in [0, 0.05) is 68.5 Å². The van der Waals surface area contributed by atoms with Gasteiger partial charge >= 0.3 is 0 Å². The number of aliphatic hydroxyl groups excluding tert-OH is 1. The first-order valence-electron chi connectivity index (χ1n) is 19.5. The summed E-state index contributed by atoms with van der Waals surface area (Å²) in [4.78, 5) is 43.9. The summed E-state index contributed by atoms with van der Waals surface area (Å²) in [5.74, 6) is 6.00. The highest BCUT2D eigenvalue weighted by molar-refractivity contribution is 7.99. The molecule has 310 valence electrons. The second kappa shape index (κ2) is 18.9. The maximum Gasteiger partial charge on any atom is 0.262 e. The molecule has 0 aliphatic carbocycles. The molecule has 2 heterocycles. The zero-order valence-corrected chi connectivity index (χ0v) is 34.5. The minimum absolute atomic E-state index is 0.122. The zero-order valence-electron chi connectivity index (χ0n) is 33.7. The van der Waals surface area contributed by atoms with E-state index < -0.39 is 12.0 Å². The number of nitrogens with two attached hydrogens (primary N) is 1. The van der Waals surface area contributed by atoms with E-state index in [1.165, 1.54) is 24.0 Å². The van der Waals surface area contributed by atoms with Crippen molar-refractivity contribution in [2.75, 3.05) is 42.8 Å². The van der Waals surface area contributed by atoms with E-state index in [1.54, 1.807) is 19.2 Å². The normalized spacial score (nSPS) is 12.3. The number of amides is 3. The Kier molecular flexibility index (Phi) is 13.0. The van der Waals surface area contributed by atoms with Gasteiger partial charge in [0.2, 0.25) is 0 Å². The van der Waals surface area contributed by atoms with E-state index in [4.69, 9.17) is 15.2 Å². The Balaban J connectivity index is 0.948. The van der Waals surface area contributed by atoms with Crippen LogP contribution in [-0.4, -0.2) is 59.7 Å². The quantitative estimate of drug-likeness (QED) is 0.0324. The van der Waals surface area contributed by atoms with Gasteiger partial charge in [-0.3, -0.25) is 19.4 Å². The first-order chi connectivity index (χ1) is 29.5. The monoisotopic (exact) mass is 836 g/mol. The first kappa shape index (κ1) is 42.1. The number of phenols is 1. The molecule has 1 aliphatic heterocycles. The van der Waals surface area contributed by atoms with Crippen LogP contribution >= 0.6 is 11.8 Å². The Morgan fingerprint density at radius 2 is 1.84 bits per heavy atom. The summed E-state index contributed by atoms with van der Waals surface area (Å²) in [5, 5.41) is 33.7. The van der Waals surface area contributed by atoms with Gasteiger partial charge in [0.15, 0.2) is 12.4 Å². The maximum absolute atomic E-state index is 13.4. The predicted octanol–water partition coefficient (Wildman–Crippen LogP) is 7.60. The molecular formula is C47H44N6O7S. The van der Waals surface area contributed by atoms with E-state index in [2.05, 4.69) is 38.1 Å². The maximum atomic E-state index is 13.4. The van der Waals surface area contributed by atoms with Gasteiger partial charge in [-0.15, -0.1) is 0 Å². The molecule has 14 heteroatoms. The fourth-order valence-electron chi connectivity index (χ4n) is 6.84. The van der Waals surface area contributed by atoms with Crippen molar-refractivity contribution in [2.45, 2.75) is 42.6 Å². The number of phenolic OH excluding ortho intramolecular Hbond substituents is 1. The molecule has 0 fully saturated rings. The Labute approximate surface area is 357 Å². The highest BCUT2D eigenvalue weighted by atomic mass is 32.2. The van der Waals surface area contributed by atoms with Crippen molar-refractivity contribution in [3.8, 4) is 29.1 Å². The van der Waals surface area contributed by atoms with Gasteiger partial charge in [0.25, 0.3) is 17.7 Å². The number of nitrogens with one attached hydrogen (secondary N) is 4. The van der Waals surface area contributed by atoms with Crippen molar-refractivity contribution in [3.63, 3.8) is 0 Å². The van der Waals surface area contributed by atoms with Gasteiger partial charge in [-0.2, -0.15) is 0 Å². The smallest absolute Gasteiger partial charge is 0.262 e. The van der Waals surface area contributed by atoms with Crippen LogP contribution in [0.25, 0.3) is 10.9 Å². The van der Waals surface area contributed by atoms with Crippen LogP contribution in [0.1, 0.15) is 61.9 Å². The molecule has 0 saturated carbocycles. The highest BCUT2D eigenvalue weighted by Crippen LogP contribution is 2.41. The van der Waals surface area contributed by atoms with Crippen LogP contribution in [-0.2, 0) is 4.79 Å². The van der Waals surface area contributed by atoms with Crippen LogP contribution in [0.5, 0.6) is 17.2 Å². The summed E-state index contributed by atoms with van der Waals surface area (Å²) in [7, 11) is 1.59. The van der Waals surface area contributed by atoms with E-state index in [0.29, 0.717) is 41.2 Å². The van der Waals surface area contributed by atoms with Crippen LogP contribution in [0, 0.1) is 25.7 Å². The molecule has 0 bridgehead atoms. The summed E-state index contributed by atoms with van der Waals surface area (Å²) in [5.41, 5.74) is 12.5. The predicted molar refractivity (Wildman–Crippen MR) is 237 cm³/mol. The van der Waals surface area contributed by atoms with Crippen molar-refractivity contribution < 1.29 is 34.1 Å². The largest absolute Gasteiger partial charge is 0.506 e. The number of hydrogen-bond donors (Lipinski definition) is 7. The lowest BCUT2D eigenvalue weighted by Gasteiger charge is -2.23. The number of benzene rings is 5. The van der Waals surface area contributed by atoms with E-state index in [0.717, 1.165) is 49.5 Å². The molecule has 1 aromatic heterocycles. The molecule has 1 atom stereocenters. The number of aryl methyl sites for hydroxylation is 2. The Bertz CT molecular complexity index is 2730. The summed E-state index contributed by atoms with van der Waals surface area (Å²) in [6, 6.07) is 27.4. The van der Waals surface area contributed by atoms with Gasteiger partial charge in [0.05, 0.1) is 30.0 Å². The van der Waals surface area contributed by atoms with E-state index in [-0.39, 0.29) is 47.7 Å². The SMILES string of the molecule is COc1cccc(Nc2c(C(N)=O)cnc3c(C)cc(Sc4cccc(C(=O)Nc5ccc(C#CCCCNC[C@H](O)c6ccc(O)c7c6OCC(=O)N7)c(C)c5)c4)cc23)c1. The van der Waals surface area contributed by atoms with Gasteiger partial charge < -0.3 is 46.7 Å². The van der Waals surface area contributed by atoms with Gasteiger partial charge in [-0.1, -0.05) is 35.7 Å². The molecule has 3 amide bonds. The molecule has 13 nitrogen and oxygen atoms in total. The van der Waals surface area contributed by atoms with Crippen LogP contribution in [0.2, 0.25) is 0 Å². The van der Waals surface area contributed by atoms with Crippen molar-refractivity contribution in [1.29, 1.82) is 0 Å². The number of carbonyl (C=O) groups is 3. The third-order valence-electron chi connectivity index (χ3n) is 9.91. The van der Waals surface area contributed by atoms with Gasteiger partial charge in [-0.05, 0) is 111 Å². The average molecular weight is 837 g/mol. The number of anilines is 4. The Morgan fingerprint density at radius 1 is 1.00 bits per heavy atom. The number of pyridine rings is 1. The minimum atomic E-state index is -0.901. The minimum Gasteiger partial charge on any atom is -0.506 e. The fourth-order valence-corrected chi connectivity index (χ4v) is 7.86. The lowest BCUT2D eigenvalue weighted by Crippen LogP contribution is -2.28. The van der Waals surface area contributed by atoms with Crippen molar-refractivity contribution in [3.05, 3.63) is 131 Å². The molecule has 61 heavy (non-hydrogen) atoms. The van der Waals surface area contributed by atoms with Gasteiger partial charge in [-0.25, -0.2) is 0 Å². The molecule has 0 spiro atoms. The molecule has 7 rings (SSSR count). The third kappa shape index (κ3) is 10.0. The summed E-state index contributed by atoms with van der Waals surface area (Å²) in [6.07, 6.45) is 1.97. The molecule has 6 aromatic rings. The Morgan fingerprint density at radius 3 is 2.64 bits per heavy atom. The standard InChI is InChI=1S/C47H44N6O7S/c1-27-19-32(15-14-29(27)9-5-4-6-18-49-25-40(55)36-16-17-39(54)44-45(36)60-26-41(56)53-44)52-47(58)30-10-7-13-34(21-30)61-35-20-28(2)42-37(23-35)43(38(24-50-42)46(48)57)51-31-11-8-12-33(22-31)59-3/h7-8,10-17,19-24,40,49,54-55H,4,6,18,25-26H2,1-3H3,(H2,48,57)(H,50,51)(H,52,58)(H,53,56)/t40-/m0/s1. The number of nitrogens with zero attached hydrogens (tertiary/aromatic N) is 1. The van der Waals surface area contributed by atoms with Crippen LogP contribution < -0.4 is 36.5 Å². The first-order valence-corrected chi connectivity index (χ1v) is 20.3. The summed E-state index contributed by atoms with van der Waals surface area (Å²) < 4.78 is 10.9. The molecule has 5 aromatic carbocycles. The third-order valence-corrected chi connectivity index (χ3v) is 10.9. The van der Waals surface area contributed by atoms with E-state index in [1.807, 2.05) is 86.6 Å². The fraction of sp³-hybridized carbons (Fsp3) is 0.191. The van der Waals surface area contributed by atoms with Gasteiger partial charge in [0.1, 0.15) is 17.2 Å². The zero-order chi connectivity index (χ0) is 43.0. The van der Waals surface area contributed by atoms with Crippen molar-refractivity contribution in [2.24, 2.45) is 5.73 Å². The second-order valence-electron chi connectivity index (χ2n) is 14.4. The van der Waals surface area contributed by atoms with Crippen molar-refractivity contribution >= 4 is 63.1 Å². The molecule has 0 radical (unpaired) electrons. The number of aliphatic hydroxyl groups is 1. The molecule has 0 unspecified atom stereocenters. The molecule has 8 N–H and O–H groups in total. The number of unbranched alkanes of at least 4 members (excludes halogenated alkanes) is 1.